The highest BCUT2D eigenvalue weighted by atomic mass is 35.6. The van der Waals surface area contributed by atoms with Crippen molar-refractivity contribution < 1.29 is 13.2 Å². The molecule has 0 spiro atoms. The number of carbonyl (C=O) groups excluding carboxylic acids is 1. The van der Waals surface area contributed by atoms with Gasteiger partial charge in [0.15, 0.2) is 0 Å². The van der Waals surface area contributed by atoms with Crippen molar-refractivity contribution in [1.29, 1.82) is 0 Å². The number of carbonyl (C=O) groups is 1. The first-order valence-corrected chi connectivity index (χ1v) is 10.4. The van der Waals surface area contributed by atoms with Gasteiger partial charge in [-0.05, 0) is 42.0 Å². The molecule has 0 saturated heterocycles. The second-order valence-electron chi connectivity index (χ2n) is 4.96. The van der Waals surface area contributed by atoms with Crippen molar-refractivity contribution in [2.75, 3.05) is 6.54 Å². The van der Waals surface area contributed by atoms with Gasteiger partial charge in [-0.25, -0.2) is 13.1 Å². The number of nitrogens with one attached hydrogen (secondary N) is 1. The topological polar surface area (TPSA) is 63.2 Å². The molecule has 0 bridgehead atoms. The summed E-state index contributed by atoms with van der Waals surface area (Å²) in [5.41, 5.74) is 0.900. The van der Waals surface area contributed by atoms with Gasteiger partial charge in [0.2, 0.25) is 15.8 Å². The molecule has 0 amide bonds. The monoisotopic (exact) mass is 425 g/mol. The normalized spacial score (nSPS) is 12.3. The van der Waals surface area contributed by atoms with Crippen LogP contribution in [0.2, 0.25) is 0 Å². The highest BCUT2D eigenvalue weighted by molar-refractivity contribution is 7.89. The van der Waals surface area contributed by atoms with Crippen LogP contribution in [0, 0.1) is 0 Å². The van der Waals surface area contributed by atoms with Crippen LogP contribution in [0.5, 0.6) is 0 Å². The third-order valence-corrected chi connectivity index (χ3v) is 6.09. The van der Waals surface area contributed by atoms with Gasteiger partial charge in [0, 0.05) is 6.54 Å². The van der Waals surface area contributed by atoms with E-state index in [2.05, 4.69) is 4.72 Å². The standard InChI is InChI=1S/C15H14Cl3NO3S2/c16-15(17,18)14(20)13-9-11(10-23-13)5-4-8-19-24(21,22)12-6-2-1-3-7-12/h1-3,6-7,9-10,19H,4-5,8H2. The van der Waals surface area contributed by atoms with E-state index in [0.717, 1.165) is 5.56 Å². The van der Waals surface area contributed by atoms with E-state index in [4.69, 9.17) is 34.8 Å². The van der Waals surface area contributed by atoms with Crippen molar-refractivity contribution in [2.24, 2.45) is 0 Å². The average molecular weight is 427 g/mol. The van der Waals surface area contributed by atoms with E-state index in [-0.39, 0.29) is 4.90 Å². The average Bonchev–Trinajstić information content (AvgIpc) is 2.99. The summed E-state index contributed by atoms with van der Waals surface area (Å²) in [6, 6.07) is 9.84. The second-order valence-corrected chi connectivity index (χ2v) is 9.92. The second kappa shape index (κ2) is 8.17. The van der Waals surface area contributed by atoms with Crippen molar-refractivity contribution in [1.82, 2.24) is 4.72 Å². The third kappa shape index (κ3) is 5.44. The van der Waals surface area contributed by atoms with Crippen LogP contribution in [0.1, 0.15) is 21.7 Å². The van der Waals surface area contributed by atoms with E-state index in [0.29, 0.717) is 24.3 Å². The van der Waals surface area contributed by atoms with E-state index in [1.54, 1.807) is 29.6 Å². The summed E-state index contributed by atoms with van der Waals surface area (Å²) in [7, 11) is -3.50. The Morgan fingerprint density at radius 2 is 1.83 bits per heavy atom. The predicted molar refractivity (Wildman–Crippen MR) is 98.9 cm³/mol. The van der Waals surface area contributed by atoms with Crippen molar-refractivity contribution in [3.63, 3.8) is 0 Å². The van der Waals surface area contributed by atoms with Crippen molar-refractivity contribution in [3.05, 3.63) is 52.2 Å². The molecule has 0 unspecified atom stereocenters. The number of ketones is 1. The number of hydrogen-bond acceptors (Lipinski definition) is 4. The van der Waals surface area contributed by atoms with Crippen LogP contribution in [-0.4, -0.2) is 24.5 Å². The highest BCUT2D eigenvalue weighted by Crippen LogP contribution is 2.32. The lowest BCUT2D eigenvalue weighted by atomic mass is 10.2. The van der Waals surface area contributed by atoms with Gasteiger partial charge in [0.1, 0.15) is 0 Å². The maximum absolute atomic E-state index is 12.0. The van der Waals surface area contributed by atoms with Crippen LogP contribution in [0.3, 0.4) is 0 Å². The number of halogens is 3. The van der Waals surface area contributed by atoms with Crippen LogP contribution in [0.15, 0.2) is 46.7 Å². The van der Waals surface area contributed by atoms with Crippen LogP contribution in [0.4, 0.5) is 0 Å². The molecule has 2 aromatic rings. The lowest BCUT2D eigenvalue weighted by molar-refractivity contribution is 0.1000. The van der Waals surface area contributed by atoms with E-state index in [1.807, 2.05) is 0 Å². The molecule has 9 heteroatoms. The summed E-state index contributed by atoms with van der Waals surface area (Å²) < 4.78 is 24.7. The zero-order valence-corrected chi connectivity index (χ0v) is 16.2. The third-order valence-electron chi connectivity index (χ3n) is 3.12. The largest absolute Gasteiger partial charge is 0.288 e. The summed E-state index contributed by atoms with van der Waals surface area (Å²) in [5.74, 6) is -0.562. The van der Waals surface area contributed by atoms with E-state index < -0.39 is 19.6 Å². The van der Waals surface area contributed by atoms with Gasteiger partial charge in [-0.1, -0.05) is 53.0 Å². The molecule has 1 aromatic heterocycles. The van der Waals surface area contributed by atoms with E-state index in [9.17, 15) is 13.2 Å². The van der Waals surface area contributed by atoms with Gasteiger partial charge in [-0.3, -0.25) is 4.79 Å². The maximum atomic E-state index is 12.0. The minimum atomic E-state index is -3.50. The van der Waals surface area contributed by atoms with Gasteiger partial charge < -0.3 is 0 Å². The molecule has 1 aromatic carbocycles. The van der Waals surface area contributed by atoms with Crippen LogP contribution < -0.4 is 4.72 Å². The van der Waals surface area contributed by atoms with Crippen LogP contribution >= 0.6 is 46.1 Å². The Hall–Kier alpha value is -0.630. The first-order chi connectivity index (χ1) is 11.2. The first kappa shape index (κ1) is 19.7. The zero-order valence-electron chi connectivity index (χ0n) is 12.3. The molecule has 0 aliphatic heterocycles. The van der Waals surface area contributed by atoms with Crippen molar-refractivity contribution >= 4 is 61.9 Å². The van der Waals surface area contributed by atoms with Crippen LogP contribution in [-0.2, 0) is 16.4 Å². The molecule has 0 fully saturated rings. The summed E-state index contributed by atoms with van der Waals surface area (Å²) in [5, 5.41) is 1.80. The summed E-state index contributed by atoms with van der Waals surface area (Å²) in [6.45, 7) is 0.292. The number of Topliss-reactive ketones (excluding diaryl/α,β-unsaturated/α-hetero) is 1. The Bertz CT molecular complexity index is 799. The molecule has 1 N–H and O–H groups in total. The quantitative estimate of drug-likeness (QED) is 0.410. The SMILES string of the molecule is O=C(c1cc(CCCNS(=O)(=O)c2ccccc2)cs1)C(Cl)(Cl)Cl. The molecule has 0 saturated carbocycles. The number of alkyl halides is 3. The van der Waals surface area contributed by atoms with Gasteiger partial charge in [0.25, 0.3) is 3.79 Å². The molecule has 0 aliphatic carbocycles. The summed E-state index contributed by atoms with van der Waals surface area (Å²) in [4.78, 5) is 12.4. The van der Waals surface area contributed by atoms with Crippen LogP contribution in [0.25, 0.3) is 0 Å². The molecule has 130 valence electrons. The van der Waals surface area contributed by atoms with Gasteiger partial charge in [-0.15, -0.1) is 11.3 Å². The Morgan fingerprint density at radius 3 is 2.46 bits per heavy atom. The summed E-state index contributed by atoms with van der Waals surface area (Å²) >= 11 is 17.9. The van der Waals surface area contributed by atoms with Gasteiger partial charge >= 0.3 is 0 Å². The first-order valence-electron chi connectivity index (χ1n) is 6.94. The van der Waals surface area contributed by atoms with E-state index in [1.165, 1.54) is 23.5 Å². The van der Waals surface area contributed by atoms with Gasteiger partial charge in [-0.2, -0.15) is 0 Å². The maximum Gasteiger partial charge on any atom is 0.254 e. The number of sulfonamides is 1. The van der Waals surface area contributed by atoms with Crippen molar-refractivity contribution in [2.45, 2.75) is 21.5 Å². The number of rotatable bonds is 7. The Labute approximate surface area is 159 Å². The molecule has 1 heterocycles. The Morgan fingerprint density at radius 1 is 1.17 bits per heavy atom. The molecule has 0 aliphatic rings. The van der Waals surface area contributed by atoms with E-state index >= 15 is 0 Å². The number of hydrogen-bond donors (Lipinski definition) is 1. The lowest BCUT2D eigenvalue weighted by Crippen LogP contribution is -2.25. The zero-order chi connectivity index (χ0) is 17.8. The molecule has 0 atom stereocenters. The Kier molecular flexibility index (Phi) is 6.70. The Balaban J connectivity index is 1.85. The minimum Gasteiger partial charge on any atom is -0.288 e. The number of thiophene rings is 1. The van der Waals surface area contributed by atoms with Crippen molar-refractivity contribution in [3.8, 4) is 0 Å². The predicted octanol–water partition coefficient (Wildman–Crippen LogP) is 4.21. The fraction of sp³-hybridized carbons (Fsp3) is 0.267. The highest BCUT2D eigenvalue weighted by Gasteiger charge is 2.32. The molecule has 2 rings (SSSR count). The lowest BCUT2D eigenvalue weighted by Gasteiger charge is -2.06. The fourth-order valence-electron chi connectivity index (χ4n) is 1.95. The summed E-state index contributed by atoms with van der Waals surface area (Å²) in [6.07, 6.45) is 1.20. The molecular formula is C15H14Cl3NO3S2. The molecule has 4 nitrogen and oxygen atoms in total. The number of aryl methyl sites for hydroxylation is 1. The number of benzene rings is 1. The smallest absolute Gasteiger partial charge is 0.254 e. The molecule has 0 radical (unpaired) electrons. The molecule has 24 heavy (non-hydrogen) atoms. The minimum absolute atomic E-state index is 0.232. The van der Waals surface area contributed by atoms with Gasteiger partial charge in [0.05, 0.1) is 9.77 Å². The fourth-order valence-corrected chi connectivity index (χ4v) is 4.46. The molecular weight excluding hydrogens is 413 g/mol.